The number of carbonyl (C=O) groups excluding carboxylic acids is 1. The largest absolute Gasteiger partial charge is 0.478 e. The fourth-order valence-corrected chi connectivity index (χ4v) is 2.79. The van der Waals surface area contributed by atoms with Crippen LogP contribution in [0.1, 0.15) is 34.1 Å². The number of hydrogen-bond donors (Lipinski definition) is 2. The number of rotatable bonds is 6. The molecule has 1 aromatic heterocycles. The van der Waals surface area contributed by atoms with E-state index in [-0.39, 0.29) is 17.9 Å². The monoisotopic (exact) mass is 334 g/mol. The van der Waals surface area contributed by atoms with Gasteiger partial charge >= 0.3 is 5.97 Å². The molecular formula is C17H19ClN2O3. The molecule has 0 saturated carbocycles. The Morgan fingerprint density at radius 2 is 2.09 bits per heavy atom. The van der Waals surface area contributed by atoms with E-state index in [1.165, 1.54) is 0 Å². The summed E-state index contributed by atoms with van der Waals surface area (Å²) in [6, 6.07) is 7.23. The zero-order valence-corrected chi connectivity index (χ0v) is 13.9. The van der Waals surface area contributed by atoms with Crippen LogP contribution in [0, 0.1) is 6.92 Å². The standard InChI is InChI=1S/C17H19ClN2O3/c1-3-20-10-11(2)16(17(22)23)14(20)8-15(21)19-9-12-5-4-6-13(18)7-12/h4-7,10H,3,8-9H2,1-2H3,(H,19,21)(H,22,23). The molecule has 0 fully saturated rings. The number of amides is 1. The van der Waals surface area contributed by atoms with Gasteiger partial charge in [-0.25, -0.2) is 4.79 Å². The first-order valence-electron chi connectivity index (χ1n) is 7.35. The summed E-state index contributed by atoms with van der Waals surface area (Å²) in [5, 5.41) is 12.8. The van der Waals surface area contributed by atoms with Gasteiger partial charge in [0.1, 0.15) is 0 Å². The molecule has 0 unspecified atom stereocenters. The van der Waals surface area contributed by atoms with Crippen LogP contribution in [0.15, 0.2) is 30.5 Å². The van der Waals surface area contributed by atoms with Crippen molar-refractivity contribution in [1.29, 1.82) is 0 Å². The number of nitrogens with zero attached hydrogens (tertiary/aromatic N) is 1. The van der Waals surface area contributed by atoms with E-state index in [9.17, 15) is 14.7 Å². The molecule has 0 atom stereocenters. The average Bonchev–Trinajstić information content (AvgIpc) is 2.81. The number of aromatic carboxylic acids is 1. The molecule has 23 heavy (non-hydrogen) atoms. The highest BCUT2D eigenvalue weighted by molar-refractivity contribution is 6.30. The second kappa shape index (κ2) is 7.33. The lowest BCUT2D eigenvalue weighted by Gasteiger charge is -2.09. The summed E-state index contributed by atoms with van der Waals surface area (Å²) in [6.07, 6.45) is 1.80. The maximum Gasteiger partial charge on any atom is 0.337 e. The van der Waals surface area contributed by atoms with Gasteiger partial charge in [0, 0.05) is 30.0 Å². The molecule has 1 heterocycles. The summed E-state index contributed by atoms with van der Waals surface area (Å²) in [4.78, 5) is 23.6. The first-order chi connectivity index (χ1) is 10.9. The van der Waals surface area contributed by atoms with Gasteiger partial charge in [-0.3, -0.25) is 4.79 Å². The van der Waals surface area contributed by atoms with Crippen LogP contribution in [0.4, 0.5) is 0 Å². The van der Waals surface area contributed by atoms with Gasteiger partial charge in [-0.1, -0.05) is 23.7 Å². The minimum absolute atomic E-state index is 0.0316. The molecule has 1 amide bonds. The van der Waals surface area contributed by atoms with Crippen molar-refractivity contribution in [2.24, 2.45) is 0 Å². The van der Waals surface area contributed by atoms with Gasteiger partial charge in [0.25, 0.3) is 0 Å². The molecule has 0 radical (unpaired) electrons. The third-order valence-electron chi connectivity index (χ3n) is 3.64. The maximum atomic E-state index is 12.2. The Morgan fingerprint density at radius 3 is 2.70 bits per heavy atom. The number of benzene rings is 1. The first-order valence-corrected chi connectivity index (χ1v) is 7.73. The fourth-order valence-electron chi connectivity index (χ4n) is 2.57. The van der Waals surface area contributed by atoms with Crippen molar-refractivity contribution in [3.8, 4) is 0 Å². The number of carboxylic acids is 1. The highest BCUT2D eigenvalue weighted by atomic mass is 35.5. The number of nitrogens with one attached hydrogen (secondary N) is 1. The Labute approximate surface area is 139 Å². The molecule has 2 rings (SSSR count). The van der Waals surface area contributed by atoms with Gasteiger partial charge in [-0.2, -0.15) is 0 Å². The molecular weight excluding hydrogens is 316 g/mol. The van der Waals surface area contributed by atoms with Crippen LogP contribution in [0.25, 0.3) is 0 Å². The Morgan fingerprint density at radius 1 is 1.35 bits per heavy atom. The third-order valence-corrected chi connectivity index (χ3v) is 3.88. The number of carbonyl (C=O) groups is 2. The van der Waals surface area contributed by atoms with Crippen molar-refractivity contribution in [2.45, 2.75) is 33.4 Å². The fraction of sp³-hybridized carbons (Fsp3) is 0.294. The van der Waals surface area contributed by atoms with Crippen LogP contribution in [0.5, 0.6) is 0 Å². The first kappa shape index (κ1) is 17.1. The molecule has 1 aromatic carbocycles. The van der Waals surface area contributed by atoms with Gasteiger partial charge < -0.3 is 15.0 Å². The van der Waals surface area contributed by atoms with Gasteiger partial charge in [-0.15, -0.1) is 0 Å². The van der Waals surface area contributed by atoms with Crippen LogP contribution in [0.2, 0.25) is 5.02 Å². The molecule has 6 heteroatoms. The van der Waals surface area contributed by atoms with Crippen molar-refractivity contribution >= 4 is 23.5 Å². The van der Waals surface area contributed by atoms with Crippen LogP contribution in [0.3, 0.4) is 0 Å². The average molecular weight is 335 g/mol. The predicted octanol–water partition coefficient (Wildman–Crippen LogP) is 3.03. The lowest BCUT2D eigenvalue weighted by molar-refractivity contribution is -0.120. The zero-order valence-electron chi connectivity index (χ0n) is 13.1. The molecule has 2 aromatic rings. The van der Waals surface area contributed by atoms with E-state index < -0.39 is 5.97 Å². The molecule has 2 N–H and O–H groups in total. The Balaban J connectivity index is 2.09. The number of carboxylic acid groups (broad SMARTS) is 1. The predicted molar refractivity (Wildman–Crippen MR) is 88.8 cm³/mol. The number of aromatic nitrogens is 1. The van der Waals surface area contributed by atoms with E-state index in [0.717, 1.165) is 5.56 Å². The van der Waals surface area contributed by atoms with Gasteiger partial charge in [0.15, 0.2) is 0 Å². The minimum atomic E-state index is -1.01. The van der Waals surface area contributed by atoms with Crippen molar-refractivity contribution in [1.82, 2.24) is 9.88 Å². The van der Waals surface area contributed by atoms with Crippen molar-refractivity contribution in [3.63, 3.8) is 0 Å². The second-order valence-corrected chi connectivity index (χ2v) is 5.74. The van der Waals surface area contributed by atoms with Crippen LogP contribution in [-0.2, 0) is 24.3 Å². The summed E-state index contributed by atoms with van der Waals surface area (Å²) in [7, 11) is 0. The molecule has 0 bridgehead atoms. The smallest absolute Gasteiger partial charge is 0.337 e. The Hall–Kier alpha value is -2.27. The summed E-state index contributed by atoms with van der Waals surface area (Å²) < 4.78 is 1.80. The SMILES string of the molecule is CCn1cc(C)c(C(=O)O)c1CC(=O)NCc1cccc(Cl)c1. The Bertz CT molecular complexity index is 737. The molecule has 0 aliphatic carbocycles. The van der Waals surface area contributed by atoms with E-state index in [1.807, 2.05) is 19.1 Å². The molecule has 122 valence electrons. The molecule has 0 spiro atoms. The molecule has 0 aliphatic heterocycles. The summed E-state index contributed by atoms with van der Waals surface area (Å²) >= 11 is 5.91. The van der Waals surface area contributed by atoms with Crippen LogP contribution in [-0.4, -0.2) is 21.6 Å². The summed E-state index contributed by atoms with van der Waals surface area (Å²) in [6.45, 7) is 4.63. The van der Waals surface area contributed by atoms with E-state index in [0.29, 0.717) is 29.4 Å². The van der Waals surface area contributed by atoms with Gasteiger partial charge in [0.05, 0.1) is 12.0 Å². The van der Waals surface area contributed by atoms with Crippen molar-refractivity contribution < 1.29 is 14.7 Å². The number of halogens is 1. The highest BCUT2D eigenvalue weighted by Gasteiger charge is 2.20. The molecule has 0 aliphatic rings. The van der Waals surface area contributed by atoms with Crippen molar-refractivity contribution in [3.05, 3.63) is 57.9 Å². The van der Waals surface area contributed by atoms with Crippen LogP contribution >= 0.6 is 11.6 Å². The second-order valence-electron chi connectivity index (χ2n) is 5.31. The van der Waals surface area contributed by atoms with E-state index in [4.69, 9.17) is 11.6 Å². The van der Waals surface area contributed by atoms with E-state index in [1.54, 1.807) is 29.8 Å². The van der Waals surface area contributed by atoms with Gasteiger partial charge in [0.2, 0.25) is 5.91 Å². The minimum Gasteiger partial charge on any atom is -0.478 e. The van der Waals surface area contributed by atoms with Crippen molar-refractivity contribution in [2.75, 3.05) is 0 Å². The third kappa shape index (κ3) is 4.13. The maximum absolute atomic E-state index is 12.2. The topological polar surface area (TPSA) is 71.3 Å². The van der Waals surface area contributed by atoms with E-state index >= 15 is 0 Å². The lowest BCUT2D eigenvalue weighted by Crippen LogP contribution is -2.26. The number of aryl methyl sites for hydroxylation is 2. The zero-order chi connectivity index (χ0) is 17.0. The van der Waals surface area contributed by atoms with Crippen LogP contribution < -0.4 is 5.32 Å². The summed E-state index contributed by atoms with van der Waals surface area (Å²) in [5.74, 6) is -1.23. The van der Waals surface area contributed by atoms with E-state index in [2.05, 4.69) is 5.32 Å². The lowest BCUT2D eigenvalue weighted by atomic mass is 10.1. The Kier molecular flexibility index (Phi) is 5.45. The quantitative estimate of drug-likeness (QED) is 0.853. The normalized spacial score (nSPS) is 10.6. The summed E-state index contributed by atoms with van der Waals surface area (Å²) in [5.41, 5.74) is 2.30. The van der Waals surface area contributed by atoms with Gasteiger partial charge in [-0.05, 0) is 37.1 Å². The number of hydrogen-bond acceptors (Lipinski definition) is 2. The molecule has 0 saturated heterocycles. The molecule has 5 nitrogen and oxygen atoms in total. The highest BCUT2D eigenvalue weighted by Crippen LogP contribution is 2.18.